The maximum Gasteiger partial charge on any atom is 0.219 e. The SMILES string of the molecule is COc1cc2c(cc1OC)CN(C(CN)CC(N)=O)CC2. The van der Waals surface area contributed by atoms with Crippen molar-refractivity contribution in [1.82, 2.24) is 4.90 Å². The molecular weight excluding hydrogens is 270 g/mol. The summed E-state index contributed by atoms with van der Waals surface area (Å²) in [6, 6.07) is 4.01. The molecule has 1 heterocycles. The molecule has 1 aliphatic rings. The Morgan fingerprint density at radius 2 is 1.90 bits per heavy atom. The van der Waals surface area contributed by atoms with Crippen molar-refractivity contribution in [1.29, 1.82) is 0 Å². The Labute approximate surface area is 125 Å². The lowest BCUT2D eigenvalue weighted by atomic mass is 9.97. The Bertz CT molecular complexity index is 519. The van der Waals surface area contributed by atoms with Crippen LogP contribution >= 0.6 is 0 Å². The van der Waals surface area contributed by atoms with Crippen molar-refractivity contribution in [3.05, 3.63) is 23.3 Å². The van der Waals surface area contributed by atoms with E-state index in [9.17, 15) is 4.79 Å². The zero-order valence-corrected chi connectivity index (χ0v) is 12.6. The number of methoxy groups -OCH3 is 2. The number of hydrogen-bond acceptors (Lipinski definition) is 5. The molecule has 1 atom stereocenters. The first-order chi connectivity index (χ1) is 10.1. The minimum atomic E-state index is -0.316. The number of carbonyl (C=O) groups is 1. The van der Waals surface area contributed by atoms with Gasteiger partial charge >= 0.3 is 0 Å². The first-order valence-corrected chi connectivity index (χ1v) is 7.05. The third-order valence-electron chi connectivity index (χ3n) is 3.97. The number of nitrogens with zero attached hydrogens (tertiary/aromatic N) is 1. The predicted octanol–water partition coefficient (Wildman–Crippen LogP) is 0.265. The number of fused-ring (bicyclic) bond motifs is 1. The van der Waals surface area contributed by atoms with Gasteiger partial charge in [0.1, 0.15) is 0 Å². The van der Waals surface area contributed by atoms with Gasteiger partial charge in [-0.2, -0.15) is 0 Å². The lowest BCUT2D eigenvalue weighted by molar-refractivity contribution is -0.119. The average Bonchev–Trinajstić information content (AvgIpc) is 2.50. The van der Waals surface area contributed by atoms with Gasteiger partial charge in [0.05, 0.1) is 14.2 Å². The van der Waals surface area contributed by atoms with Crippen molar-refractivity contribution < 1.29 is 14.3 Å². The molecular formula is C15H23N3O3. The van der Waals surface area contributed by atoms with Gasteiger partial charge in [0.15, 0.2) is 11.5 Å². The first-order valence-electron chi connectivity index (χ1n) is 7.05. The van der Waals surface area contributed by atoms with Gasteiger partial charge in [-0.3, -0.25) is 9.69 Å². The molecule has 2 rings (SSSR count). The second-order valence-electron chi connectivity index (χ2n) is 5.26. The lowest BCUT2D eigenvalue weighted by Crippen LogP contribution is -2.45. The molecule has 0 saturated heterocycles. The number of rotatable bonds is 6. The van der Waals surface area contributed by atoms with Crippen LogP contribution in [-0.2, 0) is 17.8 Å². The second-order valence-corrected chi connectivity index (χ2v) is 5.26. The number of primary amides is 1. The summed E-state index contributed by atoms with van der Waals surface area (Å²) in [5.74, 6) is 1.15. The third kappa shape index (κ3) is 3.46. The summed E-state index contributed by atoms with van der Waals surface area (Å²) in [4.78, 5) is 13.4. The van der Waals surface area contributed by atoms with Crippen LogP contribution in [0.5, 0.6) is 11.5 Å². The number of benzene rings is 1. The molecule has 6 nitrogen and oxygen atoms in total. The summed E-state index contributed by atoms with van der Waals surface area (Å²) in [6.45, 7) is 2.02. The molecule has 0 radical (unpaired) electrons. The van der Waals surface area contributed by atoms with Gasteiger partial charge in [0, 0.05) is 32.1 Å². The molecule has 4 N–H and O–H groups in total. The minimum absolute atomic E-state index is 0.0104. The van der Waals surface area contributed by atoms with E-state index in [1.54, 1.807) is 14.2 Å². The zero-order chi connectivity index (χ0) is 15.4. The Balaban J connectivity index is 2.21. The van der Waals surface area contributed by atoms with Crippen LogP contribution in [-0.4, -0.2) is 44.2 Å². The van der Waals surface area contributed by atoms with Gasteiger partial charge in [-0.15, -0.1) is 0 Å². The summed E-state index contributed by atoms with van der Waals surface area (Å²) in [5, 5.41) is 0. The fourth-order valence-corrected chi connectivity index (χ4v) is 2.81. The van der Waals surface area contributed by atoms with E-state index in [0.717, 1.165) is 31.0 Å². The number of amides is 1. The highest BCUT2D eigenvalue weighted by molar-refractivity contribution is 5.74. The van der Waals surface area contributed by atoms with Crippen LogP contribution in [0.4, 0.5) is 0 Å². The van der Waals surface area contributed by atoms with Crippen LogP contribution in [0.1, 0.15) is 17.5 Å². The number of nitrogens with two attached hydrogens (primary N) is 2. The van der Waals surface area contributed by atoms with Gasteiger partial charge in [0.2, 0.25) is 5.91 Å². The molecule has 0 aliphatic carbocycles. The van der Waals surface area contributed by atoms with E-state index >= 15 is 0 Å². The molecule has 0 bridgehead atoms. The molecule has 0 aromatic heterocycles. The maximum atomic E-state index is 11.1. The Morgan fingerprint density at radius 3 is 2.43 bits per heavy atom. The Kier molecular flexibility index (Phi) is 5.03. The monoisotopic (exact) mass is 293 g/mol. The van der Waals surface area contributed by atoms with E-state index in [0.29, 0.717) is 13.0 Å². The van der Waals surface area contributed by atoms with Crippen LogP contribution < -0.4 is 20.9 Å². The predicted molar refractivity (Wildman–Crippen MR) is 80.3 cm³/mol. The molecule has 21 heavy (non-hydrogen) atoms. The quantitative estimate of drug-likeness (QED) is 0.785. The van der Waals surface area contributed by atoms with Crippen LogP contribution in [0.15, 0.2) is 12.1 Å². The fourth-order valence-electron chi connectivity index (χ4n) is 2.81. The summed E-state index contributed by atoms with van der Waals surface area (Å²) in [5.41, 5.74) is 13.5. The molecule has 116 valence electrons. The van der Waals surface area contributed by atoms with E-state index in [1.807, 2.05) is 12.1 Å². The van der Waals surface area contributed by atoms with Crippen LogP contribution in [0.3, 0.4) is 0 Å². The van der Waals surface area contributed by atoms with Crippen molar-refractivity contribution in [3.8, 4) is 11.5 Å². The summed E-state index contributed by atoms with van der Waals surface area (Å²) in [7, 11) is 3.26. The number of ether oxygens (including phenoxy) is 2. The molecule has 1 amide bonds. The number of hydrogen-bond donors (Lipinski definition) is 2. The van der Waals surface area contributed by atoms with Gasteiger partial charge in [0.25, 0.3) is 0 Å². The molecule has 1 aromatic rings. The van der Waals surface area contributed by atoms with Crippen molar-refractivity contribution in [2.75, 3.05) is 27.3 Å². The summed E-state index contributed by atoms with van der Waals surface area (Å²) < 4.78 is 10.7. The third-order valence-corrected chi connectivity index (χ3v) is 3.97. The van der Waals surface area contributed by atoms with E-state index in [2.05, 4.69) is 4.90 Å². The topological polar surface area (TPSA) is 90.8 Å². The highest BCUT2D eigenvalue weighted by Gasteiger charge is 2.25. The smallest absolute Gasteiger partial charge is 0.219 e. The molecule has 1 unspecified atom stereocenters. The maximum absolute atomic E-state index is 11.1. The van der Waals surface area contributed by atoms with E-state index in [1.165, 1.54) is 11.1 Å². The summed E-state index contributed by atoms with van der Waals surface area (Å²) in [6.07, 6.45) is 1.18. The minimum Gasteiger partial charge on any atom is -0.493 e. The molecule has 1 aliphatic heterocycles. The normalized spacial score (nSPS) is 16.1. The van der Waals surface area contributed by atoms with Gasteiger partial charge < -0.3 is 20.9 Å². The van der Waals surface area contributed by atoms with Crippen LogP contribution in [0, 0.1) is 0 Å². The second kappa shape index (κ2) is 6.78. The van der Waals surface area contributed by atoms with E-state index < -0.39 is 0 Å². The van der Waals surface area contributed by atoms with Gasteiger partial charge in [-0.1, -0.05) is 0 Å². The van der Waals surface area contributed by atoms with Crippen molar-refractivity contribution in [2.45, 2.75) is 25.4 Å². The molecule has 0 fully saturated rings. The lowest BCUT2D eigenvalue weighted by Gasteiger charge is -2.34. The standard InChI is InChI=1S/C15H23N3O3/c1-20-13-5-10-3-4-18(12(8-16)7-15(17)19)9-11(10)6-14(13)21-2/h5-6,12H,3-4,7-9,16H2,1-2H3,(H2,17,19). The Hall–Kier alpha value is -1.79. The van der Waals surface area contributed by atoms with Crippen molar-refractivity contribution >= 4 is 5.91 Å². The van der Waals surface area contributed by atoms with Gasteiger partial charge in [-0.25, -0.2) is 0 Å². The fraction of sp³-hybridized carbons (Fsp3) is 0.533. The summed E-state index contributed by atoms with van der Waals surface area (Å²) >= 11 is 0. The van der Waals surface area contributed by atoms with Crippen molar-refractivity contribution in [2.24, 2.45) is 11.5 Å². The Morgan fingerprint density at radius 1 is 1.29 bits per heavy atom. The highest BCUT2D eigenvalue weighted by Crippen LogP contribution is 2.33. The highest BCUT2D eigenvalue weighted by atomic mass is 16.5. The van der Waals surface area contributed by atoms with E-state index in [-0.39, 0.29) is 11.9 Å². The first kappa shape index (κ1) is 15.6. The average molecular weight is 293 g/mol. The molecule has 0 saturated carbocycles. The number of carbonyl (C=O) groups excluding carboxylic acids is 1. The van der Waals surface area contributed by atoms with Gasteiger partial charge in [-0.05, 0) is 29.7 Å². The van der Waals surface area contributed by atoms with Crippen molar-refractivity contribution in [3.63, 3.8) is 0 Å². The van der Waals surface area contributed by atoms with Crippen LogP contribution in [0.2, 0.25) is 0 Å². The largest absolute Gasteiger partial charge is 0.493 e. The van der Waals surface area contributed by atoms with E-state index in [4.69, 9.17) is 20.9 Å². The molecule has 6 heteroatoms. The molecule has 0 spiro atoms. The van der Waals surface area contributed by atoms with Crippen LogP contribution in [0.25, 0.3) is 0 Å². The zero-order valence-electron chi connectivity index (χ0n) is 12.6. The molecule has 1 aromatic carbocycles.